The molecule has 88 valence electrons. The van der Waals surface area contributed by atoms with E-state index >= 15 is 0 Å². The third-order valence-electron chi connectivity index (χ3n) is 2.88. The number of hydrogen-bond donors (Lipinski definition) is 1. The van der Waals surface area contributed by atoms with E-state index in [0.717, 1.165) is 19.6 Å². The van der Waals surface area contributed by atoms with Crippen molar-refractivity contribution in [2.24, 2.45) is 0 Å². The molecule has 0 aliphatic carbocycles. The molecule has 1 saturated heterocycles. The van der Waals surface area contributed by atoms with E-state index in [-0.39, 0.29) is 0 Å². The standard InChI is InChI=1S/C12H25N3/c1-4-13-10-12(2)11-15-7-5-6-14(3)8-9-15/h13H,2,4-11H2,1,3H3. The minimum atomic E-state index is 0.961. The first-order chi connectivity index (χ1) is 7.22. The van der Waals surface area contributed by atoms with Crippen molar-refractivity contribution in [3.05, 3.63) is 12.2 Å². The molecule has 0 atom stereocenters. The molecule has 0 radical (unpaired) electrons. The van der Waals surface area contributed by atoms with E-state index in [2.05, 4.69) is 35.7 Å². The van der Waals surface area contributed by atoms with Gasteiger partial charge in [-0.3, -0.25) is 4.90 Å². The van der Waals surface area contributed by atoms with E-state index in [1.807, 2.05) is 0 Å². The molecule has 0 amide bonds. The smallest absolute Gasteiger partial charge is 0.0203 e. The van der Waals surface area contributed by atoms with Crippen LogP contribution in [-0.4, -0.2) is 62.7 Å². The number of nitrogens with zero attached hydrogens (tertiary/aromatic N) is 2. The lowest BCUT2D eigenvalue weighted by molar-refractivity contribution is 0.293. The Bertz CT molecular complexity index is 191. The van der Waals surface area contributed by atoms with Crippen molar-refractivity contribution in [1.82, 2.24) is 15.1 Å². The van der Waals surface area contributed by atoms with E-state index in [4.69, 9.17) is 0 Å². The molecule has 15 heavy (non-hydrogen) atoms. The molecule has 1 N–H and O–H groups in total. The number of hydrogen-bond acceptors (Lipinski definition) is 3. The molecule has 0 aromatic carbocycles. The van der Waals surface area contributed by atoms with Gasteiger partial charge in [-0.1, -0.05) is 13.5 Å². The van der Waals surface area contributed by atoms with E-state index in [9.17, 15) is 0 Å². The van der Waals surface area contributed by atoms with Gasteiger partial charge < -0.3 is 10.2 Å². The minimum Gasteiger partial charge on any atom is -0.313 e. The molecule has 0 spiro atoms. The summed E-state index contributed by atoms with van der Waals surface area (Å²) in [6.07, 6.45) is 1.28. The summed E-state index contributed by atoms with van der Waals surface area (Å²) in [7, 11) is 2.21. The monoisotopic (exact) mass is 211 g/mol. The summed E-state index contributed by atoms with van der Waals surface area (Å²) in [4.78, 5) is 4.93. The predicted molar refractivity (Wildman–Crippen MR) is 66.2 cm³/mol. The van der Waals surface area contributed by atoms with Crippen LogP contribution in [0.2, 0.25) is 0 Å². The first-order valence-corrected chi connectivity index (χ1v) is 6.00. The highest BCUT2D eigenvalue weighted by molar-refractivity contribution is 4.99. The van der Waals surface area contributed by atoms with Crippen LogP contribution in [0.5, 0.6) is 0 Å². The summed E-state index contributed by atoms with van der Waals surface area (Å²) in [5.41, 5.74) is 1.31. The second kappa shape index (κ2) is 6.99. The highest BCUT2D eigenvalue weighted by atomic mass is 15.2. The highest BCUT2D eigenvalue weighted by Crippen LogP contribution is 2.03. The van der Waals surface area contributed by atoms with Crippen molar-refractivity contribution in [2.45, 2.75) is 13.3 Å². The number of rotatable bonds is 5. The average Bonchev–Trinajstić information content (AvgIpc) is 2.41. The Balaban J connectivity index is 2.22. The van der Waals surface area contributed by atoms with Gasteiger partial charge in [0, 0.05) is 26.2 Å². The Morgan fingerprint density at radius 1 is 1.27 bits per heavy atom. The van der Waals surface area contributed by atoms with Gasteiger partial charge in [0.1, 0.15) is 0 Å². The lowest BCUT2D eigenvalue weighted by Crippen LogP contribution is -2.32. The second-order valence-corrected chi connectivity index (χ2v) is 4.46. The number of nitrogens with one attached hydrogen (secondary N) is 1. The van der Waals surface area contributed by atoms with Crippen molar-refractivity contribution in [3.63, 3.8) is 0 Å². The van der Waals surface area contributed by atoms with Gasteiger partial charge in [0.05, 0.1) is 0 Å². The second-order valence-electron chi connectivity index (χ2n) is 4.46. The zero-order chi connectivity index (χ0) is 11.1. The molecular formula is C12H25N3. The largest absolute Gasteiger partial charge is 0.313 e. The van der Waals surface area contributed by atoms with Crippen LogP contribution in [0.15, 0.2) is 12.2 Å². The quantitative estimate of drug-likeness (QED) is 0.678. The first kappa shape index (κ1) is 12.7. The van der Waals surface area contributed by atoms with E-state index in [1.165, 1.54) is 38.2 Å². The SMILES string of the molecule is C=C(CNCC)CN1CCCN(C)CC1. The molecule has 3 heteroatoms. The molecule has 0 unspecified atom stereocenters. The van der Waals surface area contributed by atoms with E-state index in [1.54, 1.807) is 0 Å². The van der Waals surface area contributed by atoms with Crippen LogP contribution in [0.1, 0.15) is 13.3 Å². The first-order valence-electron chi connectivity index (χ1n) is 6.00. The van der Waals surface area contributed by atoms with Gasteiger partial charge in [-0.15, -0.1) is 0 Å². The van der Waals surface area contributed by atoms with Crippen LogP contribution in [0.3, 0.4) is 0 Å². The number of likely N-dealkylation sites (N-methyl/N-ethyl adjacent to an activating group) is 2. The maximum absolute atomic E-state index is 4.12. The topological polar surface area (TPSA) is 18.5 Å². The normalized spacial score (nSPS) is 20.1. The van der Waals surface area contributed by atoms with Gasteiger partial charge in [-0.05, 0) is 38.7 Å². The molecule has 1 heterocycles. The van der Waals surface area contributed by atoms with Crippen LogP contribution in [0.25, 0.3) is 0 Å². The van der Waals surface area contributed by atoms with Crippen molar-refractivity contribution in [2.75, 3.05) is 52.9 Å². The van der Waals surface area contributed by atoms with Crippen LogP contribution >= 0.6 is 0 Å². The Morgan fingerprint density at radius 3 is 2.80 bits per heavy atom. The lowest BCUT2D eigenvalue weighted by atomic mass is 10.2. The molecule has 3 nitrogen and oxygen atoms in total. The maximum atomic E-state index is 4.12. The summed E-state index contributed by atoms with van der Waals surface area (Å²) in [5, 5.41) is 3.33. The van der Waals surface area contributed by atoms with Crippen LogP contribution in [0.4, 0.5) is 0 Å². The Morgan fingerprint density at radius 2 is 2.07 bits per heavy atom. The van der Waals surface area contributed by atoms with Gasteiger partial charge in [0.25, 0.3) is 0 Å². The van der Waals surface area contributed by atoms with Gasteiger partial charge in [-0.25, -0.2) is 0 Å². The molecule has 0 saturated carbocycles. The summed E-state index contributed by atoms with van der Waals surface area (Å²) in [6.45, 7) is 14.1. The summed E-state index contributed by atoms with van der Waals surface area (Å²) >= 11 is 0. The summed E-state index contributed by atoms with van der Waals surface area (Å²) in [6, 6.07) is 0. The molecule has 1 aliphatic heterocycles. The fourth-order valence-corrected chi connectivity index (χ4v) is 1.93. The van der Waals surface area contributed by atoms with E-state index in [0.29, 0.717) is 0 Å². The van der Waals surface area contributed by atoms with Crippen molar-refractivity contribution in [1.29, 1.82) is 0 Å². The fraction of sp³-hybridized carbons (Fsp3) is 0.833. The minimum absolute atomic E-state index is 0.961. The summed E-state index contributed by atoms with van der Waals surface area (Å²) in [5.74, 6) is 0. The molecule has 1 aliphatic rings. The Labute approximate surface area is 94.1 Å². The fourth-order valence-electron chi connectivity index (χ4n) is 1.93. The van der Waals surface area contributed by atoms with Crippen LogP contribution < -0.4 is 5.32 Å². The van der Waals surface area contributed by atoms with Gasteiger partial charge in [0.2, 0.25) is 0 Å². The van der Waals surface area contributed by atoms with E-state index < -0.39 is 0 Å². The average molecular weight is 211 g/mol. The molecule has 0 aromatic heterocycles. The highest BCUT2D eigenvalue weighted by Gasteiger charge is 2.12. The lowest BCUT2D eigenvalue weighted by Gasteiger charge is -2.21. The molecule has 0 aromatic rings. The van der Waals surface area contributed by atoms with Crippen LogP contribution in [-0.2, 0) is 0 Å². The molecular weight excluding hydrogens is 186 g/mol. The van der Waals surface area contributed by atoms with Gasteiger partial charge in [0.15, 0.2) is 0 Å². The van der Waals surface area contributed by atoms with Crippen LogP contribution in [0, 0.1) is 0 Å². The maximum Gasteiger partial charge on any atom is 0.0203 e. The third kappa shape index (κ3) is 5.30. The molecule has 0 bridgehead atoms. The third-order valence-corrected chi connectivity index (χ3v) is 2.88. The Hall–Kier alpha value is -0.380. The van der Waals surface area contributed by atoms with Crippen molar-refractivity contribution in [3.8, 4) is 0 Å². The zero-order valence-corrected chi connectivity index (χ0v) is 10.3. The molecule has 1 rings (SSSR count). The summed E-state index contributed by atoms with van der Waals surface area (Å²) < 4.78 is 0. The van der Waals surface area contributed by atoms with Gasteiger partial charge in [-0.2, -0.15) is 0 Å². The Kier molecular flexibility index (Phi) is 5.91. The molecule has 1 fully saturated rings. The zero-order valence-electron chi connectivity index (χ0n) is 10.3. The predicted octanol–water partition coefficient (Wildman–Crippen LogP) is 0.790. The van der Waals surface area contributed by atoms with Crippen molar-refractivity contribution >= 4 is 0 Å². The van der Waals surface area contributed by atoms with Gasteiger partial charge >= 0.3 is 0 Å². The van der Waals surface area contributed by atoms with Crippen molar-refractivity contribution < 1.29 is 0 Å².